The lowest BCUT2D eigenvalue weighted by Crippen LogP contribution is -2.46. The number of amides is 1. The average molecular weight is 326 g/mol. The number of unbranched alkanes of at least 4 members (excludes halogenated alkanes) is 2. The first kappa shape index (κ1) is 19.9. The van der Waals surface area contributed by atoms with Crippen LogP contribution < -0.4 is 0 Å². The van der Waals surface area contributed by atoms with Crippen LogP contribution in [-0.4, -0.2) is 49.7 Å². The van der Waals surface area contributed by atoms with E-state index in [-0.39, 0.29) is 5.41 Å². The molecule has 0 aromatic heterocycles. The highest BCUT2D eigenvalue weighted by atomic mass is 16.5. The Morgan fingerprint density at radius 3 is 2.48 bits per heavy atom. The Hall–Kier alpha value is -1.10. The first-order chi connectivity index (χ1) is 10.8. The third-order valence-corrected chi connectivity index (χ3v) is 3.97. The summed E-state index contributed by atoms with van der Waals surface area (Å²) in [5.41, 5.74) is -0.191. The number of rotatable bonds is 6. The first-order valence-electron chi connectivity index (χ1n) is 8.93. The molecule has 23 heavy (non-hydrogen) atoms. The van der Waals surface area contributed by atoms with Gasteiger partial charge in [0, 0.05) is 18.5 Å². The van der Waals surface area contributed by atoms with E-state index in [1.165, 1.54) is 19.3 Å². The molecule has 1 saturated heterocycles. The number of aliphatic imine (C=N–C) groups is 1. The summed E-state index contributed by atoms with van der Waals surface area (Å²) < 4.78 is 10.7. The van der Waals surface area contributed by atoms with Gasteiger partial charge < -0.3 is 14.4 Å². The summed E-state index contributed by atoms with van der Waals surface area (Å²) in [7, 11) is 0. The molecule has 1 aliphatic rings. The number of carbonyl (C=O) groups excluding carboxylic acids is 1. The van der Waals surface area contributed by atoms with E-state index in [1.807, 2.05) is 0 Å². The van der Waals surface area contributed by atoms with E-state index in [0.29, 0.717) is 25.7 Å². The zero-order chi connectivity index (χ0) is 17.3. The van der Waals surface area contributed by atoms with Gasteiger partial charge in [0.05, 0.1) is 19.8 Å². The van der Waals surface area contributed by atoms with E-state index in [4.69, 9.17) is 9.47 Å². The Kier molecular flexibility index (Phi) is 8.59. The molecule has 0 bridgehead atoms. The van der Waals surface area contributed by atoms with Crippen LogP contribution in [0.15, 0.2) is 4.99 Å². The van der Waals surface area contributed by atoms with Crippen LogP contribution in [0.4, 0.5) is 4.79 Å². The van der Waals surface area contributed by atoms with Crippen molar-refractivity contribution in [1.82, 2.24) is 4.90 Å². The Labute approximate surface area is 141 Å². The Bertz CT molecular complexity index is 382. The van der Waals surface area contributed by atoms with Gasteiger partial charge in [0.1, 0.15) is 5.84 Å². The van der Waals surface area contributed by atoms with E-state index < -0.39 is 6.09 Å². The molecule has 1 amide bonds. The summed E-state index contributed by atoms with van der Waals surface area (Å²) in [4.78, 5) is 18.5. The van der Waals surface area contributed by atoms with Crippen molar-refractivity contribution in [1.29, 1.82) is 0 Å². The van der Waals surface area contributed by atoms with Crippen LogP contribution in [0.3, 0.4) is 0 Å². The van der Waals surface area contributed by atoms with Crippen molar-refractivity contribution in [2.75, 3.05) is 32.9 Å². The van der Waals surface area contributed by atoms with Crippen LogP contribution in [0, 0.1) is 11.3 Å². The molecule has 5 heteroatoms. The molecule has 1 unspecified atom stereocenters. The molecular weight excluding hydrogens is 292 g/mol. The highest BCUT2D eigenvalue weighted by Gasteiger charge is 2.27. The monoisotopic (exact) mass is 326 g/mol. The zero-order valence-electron chi connectivity index (χ0n) is 15.6. The third kappa shape index (κ3) is 7.82. The number of ether oxygens (including phenoxy) is 2. The fraction of sp³-hybridized carbons (Fsp3) is 0.889. The third-order valence-electron chi connectivity index (χ3n) is 3.97. The fourth-order valence-corrected chi connectivity index (χ4v) is 2.65. The first-order valence-corrected chi connectivity index (χ1v) is 8.93. The van der Waals surface area contributed by atoms with Gasteiger partial charge in [-0.2, -0.15) is 4.99 Å². The lowest BCUT2D eigenvalue weighted by molar-refractivity contribution is 0.0641. The predicted octanol–water partition coefficient (Wildman–Crippen LogP) is 4.12. The van der Waals surface area contributed by atoms with Crippen molar-refractivity contribution >= 4 is 11.9 Å². The van der Waals surface area contributed by atoms with Crippen LogP contribution in [-0.2, 0) is 9.47 Å². The quantitative estimate of drug-likeness (QED) is 0.418. The maximum Gasteiger partial charge on any atom is 0.435 e. The molecule has 0 saturated carbocycles. The molecule has 134 valence electrons. The number of amidine groups is 1. The van der Waals surface area contributed by atoms with Gasteiger partial charge in [0.15, 0.2) is 0 Å². The van der Waals surface area contributed by atoms with Gasteiger partial charge >= 0.3 is 6.09 Å². The molecule has 0 aromatic carbocycles. The number of carbonyl (C=O) groups is 1. The van der Waals surface area contributed by atoms with E-state index in [0.717, 1.165) is 25.3 Å². The largest absolute Gasteiger partial charge is 0.448 e. The van der Waals surface area contributed by atoms with E-state index >= 15 is 0 Å². The molecule has 1 rings (SSSR count). The van der Waals surface area contributed by atoms with Crippen molar-refractivity contribution < 1.29 is 14.3 Å². The molecule has 1 atom stereocenters. The SMILES string of the molecule is CCCCCC(C)COC(=O)/N=C(\N1CCOCC1)C(C)(C)C. The Morgan fingerprint density at radius 1 is 1.26 bits per heavy atom. The standard InChI is InChI=1S/C18H34N2O3/c1-6-7-8-9-15(2)14-23-17(21)19-16(18(3,4)5)20-10-12-22-13-11-20/h15H,6-14H2,1-5H3/b19-16-. The highest BCUT2D eigenvalue weighted by Crippen LogP contribution is 2.20. The van der Waals surface area contributed by atoms with Crippen molar-refractivity contribution in [3.63, 3.8) is 0 Å². The maximum absolute atomic E-state index is 12.1. The minimum atomic E-state index is -0.469. The number of hydrogen-bond donors (Lipinski definition) is 0. The van der Waals surface area contributed by atoms with Gasteiger partial charge in [-0.05, 0) is 12.3 Å². The van der Waals surface area contributed by atoms with Crippen molar-refractivity contribution in [3.05, 3.63) is 0 Å². The van der Waals surface area contributed by atoms with Crippen LogP contribution in [0.1, 0.15) is 60.3 Å². The molecule has 0 spiro atoms. The van der Waals surface area contributed by atoms with Crippen molar-refractivity contribution in [3.8, 4) is 0 Å². The normalized spacial score (nSPS) is 18.0. The Morgan fingerprint density at radius 2 is 1.91 bits per heavy atom. The maximum atomic E-state index is 12.1. The molecular formula is C18H34N2O3. The fourth-order valence-electron chi connectivity index (χ4n) is 2.65. The molecule has 1 fully saturated rings. The van der Waals surface area contributed by atoms with Gasteiger partial charge in [-0.25, -0.2) is 4.79 Å². The number of hydrogen-bond acceptors (Lipinski definition) is 3. The summed E-state index contributed by atoms with van der Waals surface area (Å²) in [5, 5.41) is 0. The molecule has 0 radical (unpaired) electrons. The smallest absolute Gasteiger partial charge is 0.435 e. The molecule has 1 heterocycles. The number of morpholine rings is 1. The van der Waals surface area contributed by atoms with Crippen molar-refractivity contribution in [2.45, 2.75) is 60.3 Å². The molecule has 0 N–H and O–H groups in total. The summed E-state index contributed by atoms with van der Waals surface area (Å²) in [6.45, 7) is 13.9. The summed E-state index contributed by atoms with van der Waals surface area (Å²) in [6, 6.07) is 0. The second kappa shape index (κ2) is 9.91. The van der Waals surface area contributed by atoms with Crippen LogP contribution >= 0.6 is 0 Å². The minimum Gasteiger partial charge on any atom is -0.448 e. The lowest BCUT2D eigenvalue weighted by Gasteiger charge is -2.35. The van der Waals surface area contributed by atoms with Gasteiger partial charge in [-0.1, -0.05) is 53.9 Å². The molecule has 0 aromatic rings. The van der Waals surface area contributed by atoms with Gasteiger partial charge in [-0.15, -0.1) is 0 Å². The molecule has 1 aliphatic heterocycles. The van der Waals surface area contributed by atoms with Crippen LogP contribution in [0.2, 0.25) is 0 Å². The van der Waals surface area contributed by atoms with E-state index in [9.17, 15) is 4.79 Å². The molecule has 0 aliphatic carbocycles. The van der Waals surface area contributed by atoms with E-state index in [1.54, 1.807) is 0 Å². The predicted molar refractivity (Wildman–Crippen MR) is 93.9 cm³/mol. The summed E-state index contributed by atoms with van der Waals surface area (Å²) in [6.07, 6.45) is 4.27. The average Bonchev–Trinajstić information content (AvgIpc) is 2.50. The second-order valence-electron chi connectivity index (χ2n) is 7.46. The van der Waals surface area contributed by atoms with Gasteiger partial charge in [0.2, 0.25) is 0 Å². The highest BCUT2D eigenvalue weighted by molar-refractivity contribution is 5.95. The second-order valence-corrected chi connectivity index (χ2v) is 7.46. The van der Waals surface area contributed by atoms with Crippen molar-refractivity contribution in [2.24, 2.45) is 16.3 Å². The van der Waals surface area contributed by atoms with Gasteiger partial charge in [-0.3, -0.25) is 0 Å². The summed E-state index contributed by atoms with van der Waals surface area (Å²) in [5.74, 6) is 1.19. The summed E-state index contributed by atoms with van der Waals surface area (Å²) >= 11 is 0. The topological polar surface area (TPSA) is 51.1 Å². The van der Waals surface area contributed by atoms with Crippen LogP contribution in [0.5, 0.6) is 0 Å². The van der Waals surface area contributed by atoms with E-state index in [2.05, 4.69) is 44.5 Å². The zero-order valence-corrected chi connectivity index (χ0v) is 15.6. The molecule has 5 nitrogen and oxygen atoms in total. The van der Waals surface area contributed by atoms with Crippen LogP contribution in [0.25, 0.3) is 0 Å². The number of nitrogens with zero attached hydrogens (tertiary/aromatic N) is 2. The van der Waals surface area contributed by atoms with Gasteiger partial charge in [0.25, 0.3) is 0 Å². The minimum absolute atomic E-state index is 0.191. The Balaban J connectivity index is 2.55. The lowest BCUT2D eigenvalue weighted by atomic mass is 9.93.